The summed E-state index contributed by atoms with van der Waals surface area (Å²) in [5, 5.41) is 0. The van der Waals surface area contributed by atoms with Crippen LogP contribution >= 0.6 is 0 Å². The molecule has 0 atom stereocenters. The Balaban J connectivity index is 1.96. The lowest BCUT2D eigenvalue weighted by molar-refractivity contribution is -0.134. The van der Waals surface area contributed by atoms with Crippen LogP contribution in [0.1, 0.15) is 102 Å². The minimum atomic E-state index is -0.128. The van der Waals surface area contributed by atoms with Gasteiger partial charge in [0.05, 0.1) is 0 Å². The van der Waals surface area contributed by atoms with Gasteiger partial charge in [0.1, 0.15) is 5.75 Å². The molecule has 26 heavy (non-hydrogen) atoms. The molecule has 0 spiro atoms. The molecule has 0 unspecified atom stereocenters. The van der Waals surface area contributed by atoms with Crippen molar-refractivity contribution in [3.63, 3.8) is 0 Å². The number of ether oxygens (including phenoxy) is 1. The number of aryl methyl sites for hydroxylation is 2. The molecule has 1 aliphatic rings. The van der Waals surface area contributed by atoms with Gasteiger partial charge in [0.15, 0.2) is 0 Å². The average molecular weight is 359 g/mol. The van der Waals surface area contributed by atoms with Gasteiger partial charge in [0.25, 0.3) is 0 Å². The third kappa shape index (κ3) is 6.45. The van der Waals surface area contributed by atoms with Crippen LogP contribution in [0.4, 0.5) is 0 Å². The molecule has 0 aromatic heterocycles. The van der Waals surface area contributed by atoms with Gasteiger partial charge in [-0.3, -0.25) is 4.79 Å². The highest BCUT2D eigenvalue weighted by molar-refractivity contribution is 5.72. The summed E-state index contributed by atoms with van der Waals surface area (Å²) in [7, 11) is 0. The molecule has 1 aromatic rings. The van der Waals surface area contributed by atoms with Gasteiger partial charge in [0, 0.05) is 6.42 Å². The second-order valence-electron chi connectivity index (χ2n) is 8.33. The summed E-state index contributed by atoms with van der Waals surface area (Å²) in [6.45, 7) is 6.44. The van der Waals surface area contributed by atoms with Gasteiger partial charge < -0.3 is 4.74 Å². The largest absolute Gasteiger partial charge is 0.427 e. The van der Waals surface area contributed by atoms with E-state index in [-0.39, 0.29) is 5.97 Å². The van der Waals surface area contributed by atoms with Crippen LogP contribution in [-0.4, -0.2) is 5.97 Å². The fourth-order valence-corrected chi connectivity index (χ4v) is 4.48. The fraction of sp³-hybridized carbons (Fsp3) is 0.708. The Morgan fingerprint density at radius 3 is 2.46 bits per heavy atom. The van der Waals surface area contributed by atoms with E-state index in [1.54, 1.807) is 0 Å². The number of carbonyl (C=O) groups excluding carboxylic acids is 1. The van der Waals surface area contributed by atoms with E-state index in [2.05, 4.69) is 19.9 Å². The molecule has 0 bridgehead atoms. The number of carbonyl (C=O) groups is 1. The predicted molar refractivity (Wildman–Crippen MR) is 110 cm³/mol. The van der Waals surface area contributed by atoms with Crippen molar-refractivity contribution in [1.82, 2.24) is 0 Å². The third-order valence-corrected chi connectivity index (χ3v) is 6.15. The smallest absolute Gasteiger partial charge is 0.311 e. The molecule has 0 amide bonds. The Bertz CT molecular complexity index is 555. The first-order valence-electron chi connectivity index (χ1n) is 10.9. The zero-order chi connectivity index (χ0) is 18.8. The van der Waals surface area contributed by atoms with E-state index in [1.807, 2.05) is 19.1 Å². The first-order valence-corrected chi connectivity index (χ1v) is 10.9. The topological polar surface area (TPSA) is 26.3 Å². The maximum Gasteiger partial charge on any atom is 0.311 e. The van der Waals surface area contributed by atoms with Crippen molar-refractivity contribution in [1.29, 1.82) is 0 Å². The van der Waals surface area contributed by atoms with Crippen molar-refractivity contribution in [2.24, 2.45) is 5.41 Å². The second kappa shape index (κ2) is 10.7. The average Bonchev–Trinajstić information content (AvgIpc) is 2.62. The van der Waals surface area contributed by atoms with Crippen LogP contribution in [0.3, 0.4) is 0 Å². The molecule has 1 aliphatic carbocycles. The molecular weight excluding hydrogens is 320 g/mol. The molecule has 2 heteroatoms. The number of hydrogen-bond acceptors (Lipinski definition) is 2. The maximum atomic E-state index is 11.7. The van der Waals surface area contributed by atoms with E-state index in [9.17, 15) is 4.79 Å². The van der Waals surface area contributed by atoms with Crippen molar-refractivity contribution in [2.75, 3.05) is 0 Å². The lowest BCUT2D eigenvalue weighted by atomic mass is 9.67. The zero-order valence-corrected chi connectivity index (χ0v) is 17.2. The number of rotatable bonds is 10. The van der Waals surface area contributed by atoms with Gasteiger partial charge in [0.2, 0.25) is 0 Å². The van der Waals surface area contributed by atoms with Crippen molar-refractivity contribution in [2.45, 2.75) is 104 Å². The van der Waals surface area contributed by atoms with Crippen LogP contribution < -0.4 is 4.74 Å². The van der Waals surface area contributed by atoms with Crippen molar-refractivity contribution in [3.05, 3.63) is 29.3 Å². The maximum absolute atomic E-state index is 11.7. The van der Waals surface area contributed by atoms with Gasteiger partial charge >= 0.3 is 5.97 Å². The Kier molecular flexibility index (Phi) is 8.68. The fourth-order valence-electron chi connectivity index (χ4n) is 4.48. The van der Waals surface area contributed by atoms with Crippen LogP contribution in [0.15, 0.2) is 18.2 Å². The highest BCUT2D eigenvalue weighted by atomic mass is 16.5. The molecule has 0 radical (unpaired) electrons. The molecule has 0 heterocycles. The SMILES string of the molecule is CCCCCC1(CCc2ccc(OC(=O)CCC)cc2C)CCCCC1. The molecule has 1 aromatic carbocycles. The number of benzene rings is 1. The zero-order valence-electron chi connectivity index (χ0n) is 17.2. The normalized spacial score (nSPS) is 16.4. The third-order valence-electron chi connectivity index (χ3n) is 6.15. The Morgan fingerprint density at radius 1 is 1.04 bits per heavy atom. The summed E-state index contributed by atoms with van der Waals surface area (Å²) < 4.78 is 5.43. The van der Waals surface area contributed by atoms with Gasteiger partial charge in [-0.15, -0.1) is 0 Å². The predicted octanol–water partition coefficient (Wildman–Crippen LogP) is 7.16. The molecule has 2 rings (SSSR count). The van der Waals surface area contributed by atoms with Crippen molar-refractivity contribution < 1.29 is 9.53 Å². The first kappa shape index (κ1) is 21.0. The minimum Gasteiger partial charge on any atom is -0.427 e. The number of hydrogen-bond donors (Lipinski definition) is 0. The van der Waals surface area contributed by atoms with E-state index in [0.717, 1.165) is 12.8 Å². The molecule has 0 aliphatic heterocycles. The molecular formula is C24H38O2. The summed E-state index contributed by atoms with van der Waals surface area (Å²) in [5.74, 6) is 0.566. The van der Waals surface area contributed by atoms with E-state index < -0.39 is 0 Å². The van der Waals surface area contributed by atoms with Crippen molar-refractivity contribution >= 4 is 5.97 Å². The summed E-state index contributed by atoms with van der Waals surface area (Å²) in [6, 6.07) is 6.18. The van der Waals surface area contributed by atoms with E-state index in [1.165, 1.54) is 75.3 Å². The van der Waals surface area contributed by atoms with Gasteiger partial charge in [-0.1, -0.05) is 58.4 Å². The van der Waals surface area contributed by atoms with Crippen LogP contribution in [0.25, 0.3) is 0 Å². The molecule has 146 valence electrons. The summed E-state index contributed by atoms with van der Waals surface area (Å²) in [4.78, 5) is 11.7. The summed E-state index contributed by atoms with van der Waals surface area (Å²) in [5.41, 5.74) is 3.25. The Hall–Kier alpha value is -1.31. The minimum absolute atomic E-state index is 0.128. The molecule has 1 saturated carbocycles. The Morgan fingerprint density at radius 2 is 1.81 bits per heavy atom. The van der Waals surface area contributed by atoms with Crippen molar-refractivity contribution in [3.8, 4) is 5.75 Å². The Labute approximate surface area is 160 Å². The standard InChI is InChI=1S/C24H38O2/c1-4-6-8-15-24(16-9-7-10-17-24)18-14-21-12-13-22(19-20(21)3)26-23(25)11-5-2/h12-13,19H,4-11,14-18H2,1-3H3. The highest BCUT2D eigenvalue weighted by Gasteiger charge is 2.31. The lowest BCUT2D eigenvalue weighted by Gasteiger charge is -2.38. The summed E-state index contributed by atoms with van der Waals surface area (Å²) in [6.07, 6.45) is 16.4. The number of unbranched alkanes of at least 4 members (excludes halogenated alkanes) is 2. The van der Waals surface area contributed by atoms with Gasteiger partial charge in [-0.25, -0.2) is 0 Å². The van der Waals surface area contributed by atoms with Crippen LogP contribution in [0, 0.1) is 12.3 Å². The number of esters is 1. The summed E-state index contributed by atoms with van der Waals surface area (Å²) >= 11 is 0. The molecule has 0 N–H and O–H groups in total. The van der Waals surface area contributed by atoms with E-state index in [4.69, 9.17) is 4.74 Å². The highest BCUT2D eigenvalue weighted by Crippen LogP contribution is 2.44. The van der Waals surface area contributed by atoms with Gasteiger partial charge in [-0.05, 0) is 74.1 Å². The van der Waals surface area contributed by atoms with Crippen LogP contribution in [0.5, 0.6) is 5.75 Å². The molecule has 1 fully saturated rings. The van der Waals surface area contributed by atoms with Crippen LogP contribution in [-0.2, 0) is 11.2 Å². The molecule has 2 nitrogen and oxygen atoms in total. The van der Waals surface area contributed by atoms with Gasteiger partial charge in [-0.2, -0.15) is 0 Å². The van der Waals surface area contributed by atoms with E-state index in [0.29, 0.717) is 17.6 Å². The monoisotopic (exact) mass is 358 g/mol. The first-order chi connectivity index (χ1) is 12.6. The molecule has 0 saturated heterocycles. The van der Waals surface area contributed by atoms with Crippen LogP contribution in [0.2, 0.25) is 0 Å². The lowest BCUT2D eigenvalue weighted by Crippen LogP contribution is -2.25. The van der Waals surface area contributed by atoms with E-state index >= 15 is 0 Å². The quantitative estimate of drug-likeness (QED) is 0.252. The second-order valence-corrected chi connectivity index (χ2v) is 8.33.